The number of nitrogens with zero attached hydrogens (tertiary/aromatic N) is 1. The number of rotatable bonds is 4. The third-order valence-corrected chi connectivity index (χ3v) is 4.44. The SMILES string of the molecule is COc1ccc(NC(=O)NC2CCN(c3cc(C)cc(C)c3)C2=O)cc1F. The molecule has 1 heterocycles. The van der Waals surface area contributed by atoms with Crippen molar-refractivity contribution in [2.24, 2.45) is 0 Å². The number of anilines is 2. The number of halogens is 1. The number of carbonyl (C=O) groups excluding carboxylic acids is 2. The highest BCUT2D eigenvalue weighted by Gasteiger charge is 2.33. The molecule has 1 atom stereocenters. The van der Waals surface area contributed by atoms with Gasteiger partial charge in [-0.1, -0.05) is 6.07 Å². The Balaban J connectivity index is 1.63. The maximum atomic E-state index is 13.7. The molecular formula is C20H22FN3O3. The van der Waals surface area contributed by atoms with Crippen molar-refractivity contribution < 1.29 is 18.7 Å². The van der Waals surface area contributed by atoms with Crippen molar-refractivity contribution in [3.8, 4) is 5.75 Å². The van der Waals surface area contributed by atoms with E-state index in [9.17, 15) is 14.0 Å². The highest BCUT2D eigenvalue weighted by atomic mass is 19.1. The number of nitrogens with one attached hydrogen (secondary N) is 2. The second-order valence-electron chi connectivity index (χ2n) is 6.62. The smallest absolute Gasteiger partial charge is 0.319 e. The summed E-state index contributed by atoms with van der Waals surface area (Å²) in [4.78, 5) is 26.5. The number of amides is 3. The summed E-state index contributed by atoms with van der Waals surface area (Å²) in [6, 6.07) is 8.89. The Bertz CT molecular complexity index is 865. The number of ether oxygens (including phenoxy) is 1. The van der Waals surface area contributed by atoms with Crippen molar-refractivity contribution in [2.75, 3.05) is 23.9 Å². The monoisotopic (exact) mass is 371 g/mol. The van der Waals surface area contributed by atoms with E-state index in [-0.39, 0.29) is 17.3 Å². The quantitative estimate of drug-likeness (QED) is 0.866. The molecule has 2 aromatic rings. The molecule has 1 aliphatic rings. The van der Waals surface area contributed by atoms with Crippen LogP contribution < -0.4 is 20.3 Å². The molecule has 0 aromatic heterocycles. The molecule has 7 heteroatoms. The average molecular weight is 371 g/mol. The number of hydrogen-bond acceptors (Lipinski definition) is 3. The Morgan fingerprint density at radius 1 is 1.19 bits per heavy atom. The van der Waals surface area contributed by atoms with Gasteiger partial charge in [-0.3, -0.25) is 4.79 Å². The zero-order valence-corrected chi connectivity index (χ0v) is 15.5. The van der Waals surface area contributed by atoms with Gasteiger partial charge in [-0.2, -0.15) is 0 Å². The molecule has 3 rings (SSSR count). The predicted molar refractivity (Wildman–Crippen MR) is 102 cm³/mol. The lowest BCUT2D eigenvalue weighted by Crippen LogP contribution is -2.43. The van der Waals surface area contributed by atoms with Gasteiger partial charge in [-0.05, 0) is 55.7 Å². The summed E-state index contributed by atoms with van der Waals surface area (Å²) in [5.41, 5.74) is 3.27. The van der Waals surface area contributed by atoms with E-state index in [0.29, 0.717) is 13.0 Å². The van der Waals surface area contributed by atoms with Gasteiger partial charge in [0.15, 0.2) is 11.6 Å². The minimum Gasteiger partial charge on any atom is -0.494 e. The van der Waals surface area contributed by atoms with Crippen LogP contribution in [0.5, 0.6) is 5.75 Å². The van der Waals surface area contributed by atoms with Crippen LogP contribution in [0.4, 0.5) is 20.6 Å². The molecule has 0 saturated carbocycles. The number of aryl methyl sites for hydroxylation is 2. The number of methoxy groups -OCH3 is 1. The summed E-state index contributed by atoms with van der Waals surface area (Å²) in [6.07, 6.45) is 0.510. The van der Waals surface area contributed by atoms with E-state index < -0.39 is 17.9 Å². The highest BCUT2D eigenvalue weighted by Crippen LogP contribution is 2.24. The molecule has 3 amide bonds. The van der Waals surface area contributed by atoms with Gasteiger partial charge >= 0.3 is 6.03 Å². The predicted octanol–water partition coefficient (Wildman–Crippen LogP) is 3.38. The van der Waals surface area contributed by atoms with Gasteiger partial charge in [-0.15, -0.1) is 0 Å². The summed E-state index contributed by atoms with van der Waals surface area (Å²) >= 11 is 0. The zero-order valence-electron chi connectivity index (χ0n) is 15.5. The van der Waals surface area contributed by atoms with E-state index in [1.165, 1.54) is 19.2 Å². The molecule has 0 aliphatic carbocycles. The van der Waals surface area contributed by atoms with Crippen LogP contribution in [0.1, 0.15) is 17.5 Å². The van der Waals surface area contributed by atoms with Gasteiger partial charge in [0.1, 0.15) is 6.04 Å². The molecule has 2 aromatic carbocycles. The lowest BCUT2D eigenvalue weighted by Gasteiger charge is -2.18. The molecule has 2 N–H and O–H groups in total. The van der Waals surface area contributed by atoms with E-state index in [4.69, 9.17) is 4.74 Å². The van der Waals surface area contributed by atoms with Crippen LogP contribution >= 0.6 is 0 Å². The molecule has 142 valence electrons. The van der Waals surface area contributed by atoms with Crippen LogP contribution in [0, 0.1) is 19.7 Å². The molecule has 1 saturated heterocycles. The highest BCUT2D eigenvalue weighted by molar-refractivity contribution is 6.02. The molecule has 0 radical (unpaired) electrons. The van der Waals surface area contributed by atoms with Crippen LogP contribution in [0.3, 0.4) is 0 Å². The Morgan fingerprint density at radius 3 is 2.52 bits per heavy atom. The Morgan fingerprint density at radius 2 is 1.89 bits per heavy atom. The Hall–Kier alpha value is -3.09. The zero-order chi connectivity index (χ0) is 19.6. The number of benzene rings is 2. The van der Waals surface area contributed by atoms with Gasteiger partial charge in [-0.25, -0.2) is 9.18 Å². The fourth-order valence-corrected chi connectivity index (χ4v) is 3.25. The molecule has 0 spiro atoms. The largest absolute Gasteiger partial charge is 0.494 e. The summed E-state index contributed by atoms with van der Waals surface area (Å²) in [6.45, 7) is 4.49. The van der Waals surface area contributed by atoms with Crippen molar-refractivity contribution in [1.82, 2.24) is 5.32 Å². The second kappa shape index (κ2) is 7.65. The normalized spacial score (nSPS) is 16.4. The van der Waals surface area contributed by atoms with E-state index in [2.05, 4.69) is 10.6 Å². The maximum Gasteiger partial charge on any atom is 0.319 e. The molecule has 1 fully saturated rings. The summed E-state index contributed by atoms with van der Waals surface area (Å²) < 4.78 is 18.6. The van der Waals surface area contributed by atoms with Gasteiger partial charge in [0, 0.05) is 24.0 Å². The fourth-order valence-electron chi connectivity index (χ4n) is 3.25. The van der Waals surface area contributed by atoms with Gasteiger partial charge in [0.05, 0.1) is 7.11 Å². The molecule has 0 bridgehead atoms. The number of hydrogen-bond donors (Lipinski definition) is 2. The van der Waals surface area contributed by atoms with E-state index in [0.717, 1.165) is 22.9 Å². The lowest BCUT2D eigenvalue weighted by atomic mass is 10.1. The first-order valence-electron chi connectivity index (χ1n) is 8.68. The first-order chi connectivity index (χ1) is 12.9. The minimum atomic E-state index is -0.617. The van der Waals surface area contributed by atoms with Crippen LogP contribution in [0.2, 0.25) is 0 Å². The summed E-state index contributed by atoms with van der Waals surface area (Å²) in [5, 5.41) is 5.20. The maximum absolute atomic E-state index is 13.7. The summed E-state index contributed by atoms with van der Waals surface area (Å²) in [5.74, 6) is -0.639. The first kappa shape index (κ1) is 18.7. The van der Waals surface area contributed by atoms with Gasteiger partial charge in [0.25, 0.3) is 0 Å². The lowest BCUT2D eigenvalue weighted by molar-refractivity contribution is -0.118. The fraction of sp³-hybridized carbons (Fsp3) is 0.300. The van der Waals surface area contributed by atoms with Gasteiger partial charge < -0.3 is 20.3 Å². The molecule has 1 aliphatic heterocycles. The third-order valence-electron chi connectivity index (χ3n) is 4.44. The van der Waals surface area contributed by atoms with Crippen molar-refractivity contribution in [1.29, 1.82) is 0 Å². The average Bonchev–Trinajstić information content (AvgIpc) is 2.95. The van der Waals surface area contributed by atoms with Crippen LogP contribution in [-0.4, -0.2) is 31.6 Å². The Kier molecular flexibility index (Phi) is 5.30. The van der Waals surface area contributed by atoms with E-state index in [1.54, 1.807) is 4.90 Å². The number of urea groups is 1. The second-order valence-corrected chi connectivity index (χ2v) is 6.62. The molecule has 6 nitrogen and oxygen atoms in total. The van der Waals surface area contributed by atoms with Crippen molar-refractivity contribution >= 4 is 23.3 Å². The first-order valence-corrected chi connectivity index (χ1v) is 8.68. The van der Waals surface area contributed by atoms with Crippen molar-refractivity contribution in [3.05, 3.63) is 53.3 Å². The number of carbonyl (C=O) groups is 2. The molecule has 1 unspecified atom stereocenters. The molecule has 27 heavy (non-hydrogen) atoms. The van der Waals surface area contributed by atoms with Crippen molar-refractivity contribution in [2.45, 2.75) is 26.3 Å². The van der Waals surface area contributed by atoms with Gasteiger partial charge in [0.2, 0.25) is 5.91 Å². The van der Waals surface area contributed by atoms with Crippen LogP contribution in [0.15, 0.2) is 36.4 Å². The van der Waals surface area contributed by atoms with Crippen molar-refractivity contribution in [3.63, 3.8) is 0 Å². The standard InChI is InChI=1S/C20H22FN3O3/c1-12-8-13(2)10-15(9-12)24-7-6-17(19(24)25)23-20(26)22-14-4-5-18(27-3)16(21)11-14/h4-5,8-11,17H,6-7H2,1-3H3,(H2,22,23,26). The minimum absolute atomic E-state index is 0.0935. The van der Waals surface area contributed by atoms with E-state index >= 15 is 0 Å². The summed E-state index contributed by atoms with van der Waals surface area (Å²) in [7, 11) is 1.37. The van der Waals surface area contributed by atoms with Crippen LogP contribution in [-0.2, 0) is 4.79 Å². The van der Waals surface area contributed by atoms with Crippen LogP contribution in [0.25, 0.3) is 0 Å². The Labute approximate surface area is 157 Å². The third kappa shape index (κ3) is 4.19. The topological polar surface area (TPSA) is 70.7 Å². The molecular weight excluding hydrogens is 349 g/mol. The van der Waals surface area contributed by atoms with E-state index in [1.807, 2.05) is 32.0 Å².